The van der Waals surface area contributed by atoms with Gasteiger partial charge in [-0.3, -0.25) is 0 Å². The first kappa shape index (κ1) is 15.4. The molecule has 0 aliphatic carbocycles. The minimum Gasteiger partial charge on any atom is -0.395 e. The van der Waals surface area contributed by atoms with Gasteiger partial charge in [0.1, 0.15) is 5.82 Å². The molecule has 2 rings (SSSR count). The van der Waals surface area contributed by atoms with E-state index in [0.717, 1.165) is 36.5 Å². The number of rotatable bonds is 5. The van der Waals surface area contributed by atoms with E-state index in [1.807, 2.05) is 6.07 Å². The van der Waals surface area contributed by atoms with Gasteiger partial charge >= 0.3 is 0 Å². The van der Waals surface area contributed by atoms with E-state index in [-0.39, 0.29) is 12.4 Å². The number of aliphatic hydroxyl groups excluding tert-OH is 1. The summed E-state index contributed by atoms with van der Waals surface area (Å²) in [7, 11) is 0. The van der Waals surface area contributed by atoms with Crippen LogP contribution in [-0.4, -0.2) is 30.2 Å². The molecule has 0 aromatic heterocycles. The van der Waals surface area contributed by atoms with E-state index < -0.39 is 0 Å². The van der Waals surface area contributed by atoms with Crippen molar-refractivity contribution in [3.05, 3.63) is 35.1 Å². The fourth-order valence-electron chi connectivity index (χ4n) is 2.11. The van der Waals surface area contributed by atoms with E-state index in [1.54, 1.807) is 17.8 Å². The Balaban J connectivity index is 1.88. The number of benzene rings is 1. The van der Waals surface area contributed by atoms with E-state index in [1.165, 1.54) is 6.07 Å². The zero-order valence-electron chi connectivity index (χ0n) is 11.4. The molecule has 1 heterocycles. The lowest BCUT2D eigenvalue weighted by molar-refractivity contribution is 0.129. The first-order valence-electron chi connectivity index (χ1n) is 6.86. The van der Waals surface area contributed by atoms with Crippen LogP contribution in [0, 0.1) is 17.7 Å². The molecule has 1 aliphatic heterocycles. The van der Waals surface area contributed by atoms with Gasteiger partial charge in [-0.05, 0) is 36.6 Å². The summed E-state index contributed by atoms with van der Waals surface area (Å²) in [6.07, 6.45) is 3.06. The quantitative estimate of drug-likeness (QED) is 0.847. The predicted molar refractivity (Wildman–Crippen MR) is 80.1 cm³/mol. The summed E-state index contributed by atoms with van der Waals surface area (Å²) >= 11 is 1.77. The van der Waals surface area contributed by atoms with Crippen molar-refractivity contribution in [2.75, 3.05) is 19.0 Å². The highest BCUT2D eigenvalue weighted by molar-refractivity contribution is 7.98. The van der Waals surface area contributed by atoms with Gasteiger partial charge in [0.05, 0.1) is 12.7 Å². The van der Waals surface area contributed by atoms with Crippen LogP contribution in [0.3, 0.4) is 0 Å². The van der Waals surface area contributed by atoms with E-state index in [2.05, 4.69) is 11.8 Å². The summed E-state index contributed by atoms with van der Waals surface area (Å²) in [4.78, 5) is 0. The van der Waals surface area contributed by atoms with Crippen LogP contribution in [0.2, 0.25) is 0 Å². The zero-order valence-corrected chi connectivity index (χ0v) is 12.2. The van der Waals surface area contributed by atoms with E-state index >= 15 is 0 Å². The largest absolute Gasteiger partial charge is 0.395 e. The Morgan fingerprint density at radius 3 is 3.05 bits per heavy atom. The molecule has 20 heavy (non-hydrogen) atoms. The van der Waals surface area contributed by atoms with Crippen LogP contribution in [0.1, 0.15) is 30.4 Å². The standard InChI is InChI=1S/C16H19FO2S/c17-15-9-13(4-1-2-6-18)8-14(10-15)11-20-12-16-5-3-7-19-16/h8-10,16,18H,2-3,5-7,11-12H2. The predicted octanol–water partition coefficient (Wildman–Crippen LogP) is 2.97. The number of hydrogen-bond acceptors (Lipinski definition) is 3. The maximum Gasteiger partial charge on any atom is 0.124 e. The molecule has 0 amide bonds. The van der Waals surface area contributed by atoms with Gasteiger partial charge in [0.25, 0.3) is 0 Å². The third-order valence-corrected chi connectivity index (χ3v) is 4.17. The summed E-state index contributed by atoms with van der Waals surface area (Å²) < 4.78 is 19.1. The van der Waals surface area contributed by atoms with E-state index in [0.29, 0.717) is 18.1 Å². The first-order chi connectivity index (χ1) is 9.78. The number of halogens is 1. The topological polar surface area (TPSA) is 29.5 Å². The molecule has 0 radical (unpaired) electrons. The molecule has 1 aromatic rings. The summed E-state index contributed by atoms with van der Waals surface area (Å²) in [5.74, 6) is 7.16. The fraction of sp³-hybridized carbons (Fsp3) is 0.500. The van der Waals surface area contributed by atoms with Crippen molar-refractivity contribution in [1.82, 2.24) is 0 Å². The van der Waals surface area contributed by atoms with Gasteiger partial charge in [-0.15, -0.1) is 0 Å². The lowest BCUT2D eigenvalue weighted by Crippen LogP contribution is -2.07. The molecular weight excluding hydrogens is 275 g/mol. The maximum atomic E-state index is 13.5. The van der Waals surface area contributed by atoms with Gasteiger partial charge in [0, 0.05) is 30.1 Å². The second-order valence-electron chi connectivity index (χ2n) is 4.77. The smallest absolute Gasteiger partial charge is 0.124 e. The second-order valence-corrected chi connectivity index (χ2v) is 5.80. The second kappa shape index (κ2) is 8.31. The average Bonchev–Trinajstić information content (AvgIpc) is 2.92. The van der Waals surface area contributed by atoms with Gasteiger partial charge in [-0.1, -0.05) is 11.8 Å². The fourth-order valence-corrected chi connectivity index (χ4v) is 3.16. The van der Waals surface area contributed by atoms with Gasteiger partial charge in [-0.2, -0.15) is 11.8 Å². The van der Waals surface area contributed by atoms with Crippen molar-refractivity contribution >= 4 is 11.8 Å². The van der Waals surface area contributed by atoms with Crippen LogP contribution in [0.15, 0.2) is 18.2 Å². The van der Waals surface area contributed by atoms with Crippen LogP contribution >= 0.6 is 11.8 Å². The van der Waals surface area contributed by atoms with Gasteiger partial charge in [-0.25, -0.2) is 4.39 Å². The molecule has 1 fully saturated rings. The highest BCUT2D eigenvalue weighted by atomic mass is 32.2. The van der Waals surface area contributed by atoms with Crippen LogP contribution in [0.5, 0.6) is 0 Å². The van der Waals surface area contributed by atoms with Crippen molar-refractivity contribution in [2.45, 2.75) is 31.1 Å². The Kier molecular flexibility index (Phi) is 6.38. The molecule has 2 nitrogen and oxygen atoms in total. The van der Waals surface area contributed by atoms with Gasteiger partial charge in [0.2, 0.25) is 0 Å². The molecule has 108 valence electrons. The highest BCUT2D eigenvalue weighted by Crippen LogP contribution is 2.21. The molecule has 4 heteroatoms. The molecule has 1 aromatic carbocycles. The Morgan fingerprint density at radius 2 is 2.30 bits per heavy atom. The lowest BCUT2D eigenvalue weighted by Gasteiger charge is -2.08. The number of ether oxygens (including phenoxy) is 1. The molecular formula is C16H19FO2S. The minimum absolute atomic E-state index is 0.0341. The summed E-state index contributed by atoms with van der Waals surface area (Å²) in [6, 6.07) is 4.90. The Bertz CT molecular complexity index is 487. The van der Waals surface area contributed by atoms with Crippen molar-refractivity contribution in [3.8, 4) is 11.8 Å². The molecule has 1 N–H and O–H groups in total. The third-order valence-electron chi connectivity index (χ3n) is 3.02. The molecule has 1 atom stereocenters. The maximum absolute atomic E-state index is 13.5. The third kappa shape index (κ3) is 5.16. The molecule has 0 spiro atoms. The summed E-state index contributed by atoms with van der Waals surface area (Å²) in [5.41, 5.74) is 1.62. The lowest BCUT2D eigenvalue weighted by atomic mass is 10.1. The summed E-state index contributed by atoms with van der Waals surface area (Å²) in [5, 5.41) is 8.68. The van der Waals surface area contributed by atoms with Gasteiger partial charge < -0.3 is 9.84 Å². The SMILES string of the molecule is OCCC#Cc1cc(F)cc(CSCC2CCCO2)c1. The number of aliphatic hydroxyl groups is 1. The van der Waals surface area contributed by atoms with Crippen LogP contribution in [0.4, 0.5) is 4.39 Å². The number of hydrogen-bond donors (Lipinski definition) is 1. The van der Waals surface area contributed by atoms with Crippen LogP contribution in [0.25, 0.3) is 0 Å². The Labute approximate surface area is 123 Å². The van der Waals surface area contributed by atoms with Crippen molar-refractivity contribution in [2.24, 2.45) is 0 Å². The normalized spacial score (nSPS) is 17.8. The van der Waals surface area contributed by atoms with Crippen molar-refractivity contribution < 1.29 is 14.2 Å². The molecule has 0 saturated carbocycles. The van der Waals surface area contributed by atoms with Gasteiger partial charge in [0.15, 0.2) is 0 Å². The highest BCUT2D eigenvalue weighted by Gasteiger charge is 2.15. The Morgan fingerprint density at radius 1 is 1.40 bits per heavy atom. The number of thioether (sulfide) groups is 1. The molecule has 0 bridgehead atoms. The van der Waals surface area contributed by atoms with E-state index in [4.69, 9.17) is 9.84 Å². The average molecular weight is 294 g/mol. The molecule has 1 aliphatic rings. The molecule has 1 unspecified atom stereocenters. The minimum atomic E-state index is -0.256. The monoisotopic (exact) mass is 294 g/mol. The van der Waals surface area contributed by atoms with E-state index in [9.17, 15) is 4.39 Å². The molecule has 1 saturated heterocycles. The van der Waals surface area contributed by atoms with Crippen molar-refractivity contribution in [3.63, 3.8) is 0 Å². The van der Waals surface area contributed by atoms with Crippen molar-refractivity contribution in [1.29, 1.82) is 0 Å². The van der Waals surface area contributed by atoms with Crippen LogP contribution in [-0.2, 0) is 10.5 Å². The van der Waals surface area contributed by atoms with Crippen LogP contribution < -0.4 is 0 Å². The summed E-state index contributed by atoms with van der Waals surface area (Å²) in [6.45, 7) is 0.905. The Hall–Kier alpha value is -1.02. The first-order valence-corrected chi connectivity index (χ1v) is 8.02. The zero-order chi connectivity index (χ0) is 14.2.